The summed E-state index contributed by atoms with van der Waals surface area (Å²) in [7, 11) is 1.68. The van der Waals surface area contributed by atoms with Crippen molar-refractivity contribution in [2.24, 2.45) is 0 Å². The molecule has 2 heterocycles. The molecular weight excluding hydrogens is 304 g/mol. The van der Waals surface area contributed by atoms with Gasteiger partial charge in [-0.15, -0.1) is 0 Å². The van der Waals surface area contributed by atoms with Crippen LogP contribution in [0.5, 0.6) is 5.75 Å². The first kappa shape index (κ1) is 17.0. The first-order valence-corrected chi connectivity index (χ1v) is 8.32. The average molecular weight is 330 g/mol. The van der Waals surface area contributed by atoms with Gasteiger partial charge >= 0.3 is 0 Å². The Balaban J connectivity index is 1.62. The number of methoxy groups -OCH3 is 1. The van der Waals surface area contributed by atoms with Crippen molar-refractivity contribution in [3.8, 4) is 5.75 Å². The molecule has 1 aromatic carbocycles. The molecule has 130 valence electrons. The average Bonchev–Trinajstić information content (AvgIpc) is 2.99. The molecule has 0 radical (unpaired) electrons. The minimum Gasteiger partial charge on any atom is -0.497 e. The van der Waals surface area contributed by atoms with Gasteiger partial charge < -0.3 is 19.3 Å². The summed E-state index contributed by atoms with van der Waals surface area (Å²) in [5.41, 5.74) is 2.11. The van der Waals surface area contributed by atoms with Crippen molar-refractivity contribution in [2.75, 3.05) is 20.3 Å². The highest BCUT2D eigenvalue weighted by Crippen LogP contribution is 2.27. The second kappa shape index (κ2) is 6.57. The van der Waals surface area contributed by atoms with E-state index in [0.717, 1.165) is 30.2 Å². The number of rotatable bonds is 6. The number of nitrogens with one attached hydrogen (secondary N) is 1. The second-order valence-electron chi connectivity index (χ2n) is 7.58. The van der Waals surface area contributed by atoms with Crippen molar-refractivity contribution in [2.45, 2.75) is 44.7 Å². The molecule has 0 amide bonds. The number of aromatic nitrogens is 1. The molecule has 1 aliphatic heterocycles. The van der Waals surface area contributed by atoms with Gasteiger partial charge in [-0.25, -0.2) is 0 Å². The Hall–Kier alpha value is -1.85. The minimum absolute atomic E-state index is 0.0228. The van der Waals surface area contributed by atoms with Gasteiger partial charge in [0.2, 0.25) is 0 Å². The van der Waals surface area contributed by atoms with Crippen molar-refractivity contribution in [1.29, 1.82) is 0 Å². The largest absolute Gasteiger partial charge is 0.497 e. The third kappa shape index (κ3) is 3.79. The molecule has 0 saturated carbocycles. The van der Waals surface area contributed by atoms with Gasteiger partial charge in [0.1, 0.15) is 11.5 Å². The van der Waals surface area contributed by atoms with Crippen LogP contribution < -0.4 is 10.1 Å². The zero-order chi connectivity index (χ0) is 17.2. The summed E-state index contributed by atoms with van der Waals surface area (Å²) in [5, 5.41) is 7.88. The standard InChI is InChI=1S/C19H26N2O3/c1-18(2,3)17-9-15(21-24-17)10-19(12-23-13-19)20-11-14-5-7-16(22-4)8-6-14/h5-9,20H,10-13H2,1-4H3. The maximum Gasteiger partial charge on any atom is 0.142 e. The summed E-state index contributed by atoms with van der Waals surface area (Å²) in [6, 6.07) is 10.2. The highest BCUT2D eigenvalue weighted by atomic mass is 16.5. The zero-order valence-corrected chi connectivity index (χ0v) is 14.9. The van der Waals surface area contributed by atoms with Crippen LogP contribution in [0, 0.1) is 0 Å². The van der Waals surface area contributed by atoms with Gasteiger partial charge in [0, 0.05) is 24.4 Å². The van der Waals surface area contributed by atoms with Gasteiger partial charge in [0.05, 0.1) is 31.6 Å². The van der Waals surface area contributed by atoms with E-state index in [9.17, 15) is 0 Å². The molecule has 0 bridgehead atoms. The summed E-state index contributed by atoms with van der Waals surface area (Å²) < 4.78 is 16.2. The van der Waals surface area contributed by atoms with Crippen LogP contribution >= 0.6 is 0 Å². The Bertz CT molecular complexity index is 667. The van der Waals surface area contributed by atoms with E-state index in [0.29, 0.717) is 13.2 Å². The van der Waals surface area contributed by atoms with E-state index in [1.807, 2.05) is 12.1 Å². The fraction of sp³-hybridized carbons (Fsp3) is 0.526. The van der Waals surface area contributed by atoms with Crippen LogP contribution in [0.1, 0.15) is 37.8 Å². The van der Waals surface area contributed by atoms with Crippen molar-refractivity contribution in [1.82, 2.24) is 10.5 Å². The molecule has 0 aliphatic carbocycles. The summed E-state index contributed by atoms with van der Waals surface area (Å²) in [6.45, 7) is 8.56. The smallest absolute Gasteiger partial charge is 0.142 e. The molecule has 3 rings (SSSR count). The maximum atomic E-state index is 5.50. The lowest BCUT2D eigenvalue weighted by molar-refractivity contribution is -0.0755. The zero-order valence-electron chi connectivity index (χ0n) is 14.9. The van der Waals surface area contributed by atoms with Crippen LogP contribution in [0.15, 0.2) is 34.9 Å². The van der Waals surface area contributed by atoms with Crippen LogP contribution in [0.3, 0.4) is 0 Å². The Morgan fingerprint density at radius 2 is 1.92 bits per heavy atom. The van der Waals surface area contributed by atoms with Crippen molar-refractivity contribution in [3.63, 3.8) is 0 Å². The quantitative estimate of drug-likeness (QED) is 0.882. The molecule has 1 fully saturated rings. The van der Waals surface area contributed by atoms with Gasteiger partial charge in [-0.3, -0.25) is 0 Å². The maximum absolute atomic E-state index is 5.50. The number of benzene rings is 1. The van der Waals surface area contributed by atoms with Crippen LogP contribution in [-0.4, -0.2) is 31.0 Å². The van der Waals surface area contributed by atoms with Gasteiger partial charge in [-0.05, 0) is 17.7 Å². The Morgan fingerprint density at radius 1 is 1.21 bits per heavy atom. The SMILES string of the molecule is COc1ccc(CNC2(Cc3cc(C(C)(C)C)on3)COC2)cc1. The molecule has 0 unspecified atom stereocenters. The molecule has 1 aromatic heterocycles. The first-order chi connectivity index (χ1) is 11.4. The highest BCUT2D eigenvalue weighted by Gasteiger charge is 2.39. The molecule has 1 N–H and O–H groups in total. The minimum atomic E-state index is -0.0635. The summed E-state index contributed by atoms with van der Waals surface area (Å²) in [6.07, 6.45) is 0.808. The van der Waals surface area contributed by atoms with E-state index in [-0.39, 0.29) is 11.0 Å². The predicted octanol–water partition coefficient (Wildman–Crippen LogP) is 3.08. The van der Waals surface area contributed by atoms with Gasteiger partial charge in [-0.2, -0.15) is 0 Å². The van der Waals surface area contributed by atoms with E-state index in [2.05, 4.69) is 49.4 Å². The molecule has 5 nitrogen and oxygen atoms in total. The number of hydrogen-bond acceptors (Lipinski definition) is 5. The fourth-order valence-electron chi connectivity index (χ4n) is 2.74. The molecule has 0 atom stereocenters. The van der Waals surface area contributed by atoms with Gasteiger partial charge in [-0.1, -0.05) is 38.1 Å². The second-order valence-corrected chi connectivity index (χ2v) is 7.58. The number of ether oxygens (including phenoxy) is 2. The van der Waals surface area contributed by atoms with E-state index in [1.54, 1.807) is 7.11 Å². The summed E-state index contributed by atoms with van der Waals surface area (Å²) >= 11 is 0. The van der Waals surface area contributed by atoms with E-state index in [1.165, 1.54) is 5.56 Å². The number of nitrogens with zero attached hydrogens (tertiary/aromatic N) is 1. The van der Waals surface area contributed by atoms with Crippen molar-refractivity contribution < 1.29 is 14.0 Å². The Kier molecular flexibility index (Phi) is 4.65. The first-order valence-electron chi connectivity index (χ1n) is 8.32. The van der Waals surface area contributed by atoms with Crippen molar-refractivity contribution in [3.05, 3.63) is 47.3 Å². The molecule has 0 spiro atoms. The van der Waals surface area contributed by atoms with Crippen LogP contribution in [0.4, 0.5) is 0 Å². The van der Waals surface area contributed by atoms with Gasteiger partial charge in [0.25, 0.3) is 0 Å². The Morgan fingerprint density at radius 3 is 2.42 bits per heavy atom. The van der Waals surface area contributed by atoms with Crippen LogP contribution in [0.25, 0.3) is 0 Å². The molecular formula is C19H26N2O3. The number of hydrogen-bond donors (Lipinski definition) is 1. The third-order valence-corrected chi connectivity index (χ3v) is 4.40. The van der Waals surface area contributed by atoms with E-state index in [4.69, 9.17) is 14.0 Å². The Labute approximate surface area is 143 Å². The predicted molar refractivity (Wildman–Crippen MR) is 92.3 cm³/mol. The molecule has 24 heavy (non-hydrogen) atoms. The topological polar surface area (TPSA) is 56.5 Å². The third-order valence-electron chi connectivity index (χ3n) is 4.40. The normalized spacial score (nSPS) is 16.7. The molecule has 1 aliphatic rings. The van der Waals surface area contributed by atoms with Crippen LogP contribution in [0.2, 0.25) is 0 Å². The van der Waals surface area contributed by atoms with E-state index >= 15 is 0 Å². The highest BCUT2D eigenvalue weighted by molar-refractivity contribution is 5.27. The molecule has 2 aromatic rings. The van der Waals surface area contributed by atoms with Gasteiger partial charge in [0.15, 0.2) is 0 Å². The fourth-order valence-corrected chi connectivity index (χ4v) is 2.74. The lowest BCUT2D eigenvalue weighted by Crippen LogP contribution is -2.61. The lowest BCUT2D eigenvalue weighted by Gasteiger charge is -2.42. The van der Waals surface area contributed by atoms with Crippen LogP contribution in [-0.2, 0) is 23.1 Å². The lowest BCUT2D eigenvalue weighted by atomic mass is 9.89. The summed E-state index contributed by atoms with van der Waals surface area (Å²) in [5.74, 6) is 1.79. The molecule has 1 saturated heterocycles. The monoisotopic (exact) mass is 330 g/mol. The summed E-state index contributed by atoms with van der Waals surface area (Å²) in [4.78, 5) is 0. The molecule has 5 heteroatoms. The van der Waals surface area contributed by atoms with E-state index < -0.39 is 0 Å². The van der Waals surface area contributed by atoms with Crippen molar-refractivity contribution >= 4 is 0 Å².